The summed E-state index contributed by atoms with van der Waals surface area (Å²) in [5.74, 6) is 0. The van der Waals surface area contributed by atoms with Gasteiger partial charge in [-0.05, 0) is 36.0 Å². The number of nitrogens with zero attached hydrogens (tertiary/aromatic N) is 1. The Bertz CT molecular complexity index is 513. The minimum atomic E-state index is 0.0861. The van der Waals surface area contributed by atoms with Gasteiger partial charge in [0, 0.05) is 28.5 Å². The van der Waals surface area contributed by atoms with E-state index in [0.29, 0.717) is 0 Å². The molecule has 2 N–H and O–H groups in total. The topological polar surface area (TPSA) is 29.3 Å². The van der Waals surface area contributed by atoms with Crippen LogP contribution in [0, 0.1) is 0 Å². The van der Waals surface area contributed by atoms with Gasteiger partial charge in [-0.1, -0.05) is 47.1 Å². The first-order chi connectivity index (χ1) is 9.70. The Morgan fingerprint density at radius 3 is 2.70 bits per heavy atom. The summed E-state index contributed by atoms with van der Waals surface area (Å²) < 4.78 is 1.11. The number of halogens is 1. The summed E-state index contributed by atoms with van der Waals surface area (Å²) in [6, 6.07) is 12.6. The third-order valence-corrected chi connectivity index (χ3v) is 5.05. The Balaban J connectivity index is 1.88. The molecule has 108 valence electrons. The molecule has 0 saturated carbocycles. The van der Waals surface area contributed by atoms with Gasteiger partial charge in [-0.3, -0.25) is 4.90 Å². The number of benzene rings is 1. The van der Waals surface area contributed by atoms with Crippen molar-refractivity contribution in [2.24, 2.45) is 5.73 Å². The van der Waals surface area contributed by atoms with Crippen LogP contribution < -0.4 is 5.73 Å². The normalized spacial score (nSPS) is 12.8. The van der Waals surface area contributed by atoms with Crippen molar-refractivity contribution in [2.75, 3.05) is 13.1 Å². The van der Waals surface area contributed by atoms with E-state index in [0.717, 1.165) is 30.5 Å². The molecule has 0 fully saturated rings. The summed E-state index contributed by atoms with van der Waals surface area (Å²) >= 11 is 5.40. The zero-order chi connectivity index (χ0) is 14.4. The molecule has 0 aliphatic heterocycles. The Morgan fingerprint density at radius 1 is 1.25 bits per heavy atom. The Hall–Kier alpha value is -0.680. The molecule has 0 radical (unpaired) electrons. The molecule has 0 saturated heterocycles. The fourth-order valence-corrected chi connectivity index (χ4v) is 3.55. The maximum absolute atomic E-state index is 6.32. The Kier molecular flexibility index (Phi) is 6.23. The molecule has 2 rings (SSSR count). The van der Waals surface area contributed by atoms with Gasteiger partial charge in [0.25, 0.3) is 0 Å². The van der Waals surface area contributed by atoms with Crippen LogP contribution in [0.3, 0.4) is 0 Å². The Labute approximate surface area is 133 Å². The number of hydrogen-bond acceptors (Lipinski definition) is 3. The number of thiophene rings is 1. The highest BCUT2D eigenvalue weighted by Gasteiger charge is 2.12. The number of nitrogens with two attached hydrogens (primary N) is 1. The summed E-state index contributed by atoms with van der Waals surface area (Å²) in [6.45, 7) is 5.31. The van der Waals surface area contributed by atoms with Crippen molar-refractivity contribution in [2.45, 2.75) is 25.9 Å². The van der Waals surface area contributed by atoms with Crippen molar-refractivity contribution < 1.29 is 0 Å². The molecule has 1 heterocycles. The summed E-state index contributed by atoms with van der Waals surface area (Å²) in [4.78, 5) is 3.86. The van der Waals surface area contributed by atoms with Crippen LogP contribution in [-0.2, 0) is 6.54 Å². The maximum atomic E-state index is 6.32. The average molecular weight is 353 g/mol. The second kappa shape index (κ2) is 7.93. The van der Waals surface area contributed by atoms with Crippen molar-refractivity contribution in [1.82, 2.24) is 4.90 Å². The van der Waals surface area contributed by atoms with Crippen LogP contribution >= 0.6 is 27.3 Å². The summed E-state index contributed by atoms with van der Waals surface area (Å²) in [6.07, 6.45) is 0.974. The van der Waals surface area contributed by atoms with E-state index in [1.54, 1.807) is 0 Å². The predicted octanol–water partition coefficient (Wildman–Crippen LogP) is 4.42. The zero-order valence-electron chi connectivity index (χ0n) is 11.8. The SMILES string of the molecule is CCN(CCC(N)c1ccccc1Br)Cc1cccs1. The molecule has 0 amide bonds. The van der Waals surface area contributed by atoms with Crippen molar-refractivity contribution in [3.8, 4) is 0 Å². The second-order valence-electron chi connectivity index (χ2n) is 4.86. The van der Waals surface area contributed by atoms with E-state index >= 15 is 0 Å². The van der Waals surface area contributed by atoms with Gasteiger partial charge in [-0.2, -0.15) is 0 Å². The highest BCUT2D eigenvalue weighted by atomic mass is 79.9. The molecule has 1 atom stereocenters. The van der Waals surface area contributed by atoms with Gasteiger partial charge in [0.15, 0.2) is 0 Å². The van der Waals surface area contributed by atoms with Crippen molar-refractivity contribution in [3.63, 3.8) is 0 Å². The average Bonchev–Trinajstić information content (AvgIpc) is 2.96. The highest BCUT2D eigenvalue weighted by Crippen LogP contribution is 2.24. The van der Waals surface area contributed by atoms with Gasteiger partial charge in [-0.15, -0.1) is 11.3 Å². The van der Waals surface area contributed by atoms with Crippen molar-refractivity contribution in [3.05, 3.63) is 56.7 Å². The fraction of sp³-hybridized carbons (Fsp3) is 0.375. The first-order valence-electron chi connectivity index (χ1n) is 6.95. The van der Waals surface area contributed by atoms with Crippen molar-refractivity contribution >= 4 is 27.3 Å². The molecule has 20 heavy (non-hydrogen) atoms. The van der Waals surface area contributed by atoms with Crippen molar-refractivity contribution in [1.29, 1.82) is 0 Å². The molecule has 1 unspecified atom stereocenters. The first kappa shape index (κ1) is 15.7. The highest BCUT2D eigenvalue weighted by molar-refractivity contribution is 9.10. The van der Waals surface area contributed by atoms with Gasteiger partial charge < -0.3 is 5.73 Å². The smallest absolute Gasteiger partial charge is 0.0327 e. The van der Waals surface area contributed by atoms with E-state index in [9.17, 15) is 0 Å². The standard InChI is InChI=1S/C16H21BrN2S/c1-2-19(12-13-6-5-11-20-13)10-9-16(18)14-7-3-4-8-15(14)17/h3-8,11,16H,2,9-10,12,18H2,1H3. The molecule has 2 aromatic rings. The summed E-state index contributed by atoms with van der Waals surface area (Å²) in [5, 5.41) is 2.13. The lowest BCUT2D eigenvalue weighted by atomic mass is 10.0. The molecular formula is C16H21BrN2S. The molecule has 0 bridgehead atoms. The van der Waals surface area contributed by atoms with E-state index in [1.165, 1.54) is 10.4 Å². The molecular weight excluding hydrogens is 332 g/mol. The van der Waals surface area contributed by atoms with Crippen LogP contribution in [0.5, 0.6) is 0 Å². The van der Waals surface area contributed by atoms with Gasteiger partial charge in [-0.25, -0.2) is 0 Å². The lowest BCUT2D eigenvalue weighted by Gasteiger charge is -2.22. The minimum Gasteiger partial charge on any atom is -0.324 e. The van der Waals surface area contributed by atoms with Crippen LogP contribution in [0.2, 0.25) is 0 Å². The minimum absolute atomic E-state index is 0.0861. The van der Waals surface area contributed by atoms with E-state index in [2.05, 4.69) is 57.4 Å². The van der Waals surface area contributed by atoms with E-state index in [4.69, 9.17) is 5.73 Å². The first-order valence-corrected chi connectivity index (χ1v) is 8.62. The molecule has 0 aliphatic rings. The third kappa shape index (κ3) is 4.42. The van der Waals surface area contributed by atoms with E-state index in [1.807, 2.05) is 23.5 Å². The van der Waals surface area contributed by atoms with E-state index < -0.39 is 0 Å². The molecule has 1 aromatic heterocycles. The van der Waals surface area contributed by atoms with Gasteiger partial charge in [0.1, 0.15) is 0 Å². The molecule has 2 nitrogen and oxygen atoms in total. The summed E-state index contributed by atoms with van der Waals surface area (Å²) in [7, 11) is 0. The largest absolute Gasteiger partial charge is 0.324 e. The van der Waals surface area contributed by atoms with Crippen LogP contribution in [0.15, 0.2) is 46.3 Å². The maximum Gasteiger partial charge on any atom is 0.0327 e. The quantitative estimate of drug-likeness (QED) is 0.798. The predicted molar refractivity (Wildman–Crippen MR) is 91.0 cm³/mol. The fourth-order valence-electron chi connectivity index (χ4n) is 2.22. The molecule has 1 aromatic carbocycles. The monoisotopic (exact) mass is 352 g/mol. The second-order valence-corrected chi connectivity index (χ2v) is 6.75. The molecule has 4 heteroatoms. The zero-order valence-corrected chi connectivity index (χ0v) is 14.2. The molecule has 0 spiro atoms. The third-order valence-electron chi connectivity index (χ3n) is 3.47. The van der Waals surface area contributed by atoms with Gasteiger partial charge in [0.2, 0.25) is 0 Å². The van der Waals surface area contributed by atoms with Crippen LogP contribution in [0.25, 0.3) is 0 Å². The van der Waals surface area contributed by atoms with Crippen LogP contribution in [0.4, 0.5) is 0 Å². The Morgan fingerprint density at radius 2 is 2.05 bits per heavy atom. The van der Waals surface area contributed by atoms with Crippen LogP contribution in [-0.4, -0.2) is 18.0 Å². The lowest BCUT2D eigenvalue weighted by Crippen LogP contribution is -2.26. The number of hydrogen-bond donors (Lipinski definition) is 1. The van der Waals surface area contributed by atoms with Gasteiger partial charge in [0.05, 0.1) is 0 Å². The van der Waals surface area contributed by atoms with Crippen LogP contribution in [0.1, 0.15) is 29.8 Å². The summed E-state index contributed by atoms with van der Waals surface area (Å²) in [5.41, 5.74) is 7.51. The molecule has 0 aliphatic carbocycles. The lowest BCUT2D eigenvalue weighted by molar-refractivity contribution is 0.270. The van der Waals surface area contributed by atoms with E-state index in [-0.39, 0.29) is 6.04 Å². The number of rotatable bonds is 7. The van der Waals surface area contributed by atoms with Gasteiger partial charge >= 0.3 is 0 Å².